The van der Waals surface area contributed by atoms with Gasteiger partial charge in [-0.2, -0.15) is 4.31 Å². The van der Waals surface area contributed by atoms with Gasteiger partial charge in [0, 0.05) is 6.54 Å². The summed E-state index contributed by atoms with van der Waals surface area (Å²) in [6, 6.07) is 15.1. The van der Waals surface area contributed by atoms with Crippen LogP contribution in [0.3, 0.4) is 0 Å². The normalized spacial score (nSPS) is 18.2. The molecule has 1 aliphatic heterocycles. The smallest absolute Gasteiger partial charge is 0.324 e. The quantitative estimate of drug-likeness (QED) is 0.594. The van der Waals surface area contributed by atoms with E-state index < -0.39 is 22.0 Å². The zero-order chi connectivity index (χ0) is 19.6. The first-order valence-electron chi connectivity index (χ1n) is 9.14. The van der Waals surface area contributed by atoms with E-state index in [1.807, 2.05) is 24.3 Å². The van der Waals surface area contributed by atoms with E-state index in [4.69, 9.17) is 4.74 Å². The molecule has 0 spiro atoms. The van der Waals surface area contributed by atoms with E-state index in [1.54, 1.807) is 30.3 Å². The molecule has 0 bridgehead atoms. The maximum atomic E-state index is 13.0. The summed E-state index contributed by atoms with van der Waals surface area (Å²) in [6.07, 6.45) is 1.99. The highest BCUT2D eigenvalue weighted by Crippen LogP contribution is 2.27. The van der Waals surface area contributed by atoms with Crippen molar-refractivity contribution in [2.24, 2.45) is 0 Å². The number of thiazole rings is 1. The lowest BCUT2D eigenvalue weighted by Gasteiger charge is -2.32. The number of fused-ring (bicyclic) bond motifs is 1. The van der Waals surface area contributed by atoms with Crippen LogP contribution in [0, 0.1) is 0 Å². The van der Waals surface area contributed by atoms with Crippen molar-refractivity contribution < 1.29 is 17.9 Å². The van der Waals surface area contributed by atoms with Gasteiger partial charge in [-0.3, -0.25) is 4.79 Å². The van der Waals surface area contributed by atoms with Crippen molar-refractivity contribution in [2.75, 3.05) is 6.54 Å². The molecule has 1 aromatic heterocycles. The van der Waals surface area contributed by atoms with Gasteiger partial charge in [0.25, 0.3) is 0 Å². The minimum atomic E-state index is -3.74. The molecule has 28 heavy (non-hydrogen) atoms. The van der Waals surface area contributed by atoms with E-state index in [-0.39, 0.29) is 11.5 Å². The topological polar surface area (TPSA) is 76.6 Å². The number of para-hydroxylation sites is 1. The van der Waals surface area contributed by atoms with Gasteiger partial charge in [-0.05, 0) is 43.5 Å². The zero-order valence-corrected chi connectivity index (χ0v) is 16.8. The summed E-state index contributed by atoms with van der Waals surface area (Å²) < 4.78 is 33.8. The van der Waals surface area contributed by atoms with E-state index in [2.05, 4.69) is 4.98 Å². The Morgan fingerprint density at radius 3 is 2.64 bits per heavy atom. The highest BCUT2D eigenvalue weighted by Gasteiger charge is 2.38. The summed E-state index contributed by atoms with van der Waals surface area (Å²) in [6.45, 7) is 0.367. The predicted molar refractivity (Wildman–Crippen MR) is 107 cm³/mol. The van der Waals surface area contributed by atoms with E-state index >= 15 is 0 Å². The number of aromatic nitrogens is 1. The first kappa shape index (κ1) is 19.0. The first-order chi connectivity index (χ1) is 13.6. The van der Waals surface area contributed by atoms with Crippen LogP contribution in [-0.2, 0) is 26.2 Å². The maximum Gasteiger partial charge on any atom is 0.324 e. The number of carbonyl (C=O) groups is 1. The molecular formula is C20H20N2O4S2. The number of carbonyl (C=O) groups excluding carboxylic acids is 1. The molecule has 2 heterocycles. The molecule has 1 aliphatic rings. The van der Waals surface area contributed by atoms with E-state index in [1.165, 1.54) is 15.6 Å². The van der Waals surface area contributed by atoms with Crippen molar-refractivity contribution >= 4 is 37.5 Å². The molecule has 4 rings (SSSR count). The molecule has 6 nitrogen and oxygen atoms in total. The van der Waals surface area contributed by atoms with E-state index in [9.17, 15) is 13.2 Å². The number of rotatable bonds is 5. The van der Waals surface area contributed by atoms with Crippen LogP contribution in [0.5, 0.6) is 0 Å². The highest BCUT2D eigenvalue weighted by molar-refractivity contribution is 7.89. The van der Waals surface area contributed by atoms with Crippen LogP contribution in [0.25, 0.3) is 10.2 Å². The fraction of sp³-hybridized carbons (Fsp3) is 0.300. The summed E-state index contributed by atoms with van der Waals surface area (Å²) in [7, 11) is -3.74. The van der Waals surface area contributed by atoms with E-state index in [0.717, 1.165) is 23.1 Å². The Morgan fingerprint density at radius 2 is 1.86 bits per heavy atom. The van der Waals surface area contributed by atoms with Gasteiger partial charge in [0.1, 0.15) is 17.7 Å². The van der Waals surface area contributed by atoms with Crippen molar-refractivity contribution in [2.45, 2.75) is 36.8 Å². The molecule has 8 heteroatoms. The summed E-state index contributed by atoms with van der Waals surface area (Å²) in [5.41, 5.74) is 0.865. The number of nitrogens with zero attached hydrogens (tertiary/aromatic N) is 2. The van der Waals surface area contributed by atoms with Gasteiger partial charge in [0.2, 0.25) is 10.0 Å². The highest BCUT2D eigenvalue weighted by atomic mass is 32.2. The number of hydrogen-bond donors (Lipinski definition) is 0. The van der Waals surface area contributed by atoms with Gasteiger partial charge in [-0.15, -0.1) is 11.3 Å². The molecule has 146 valence electrons. The minimum Gasteiger partial charge on any atom is -0.457 e. The standard InChI is InChI=1S/C20H20N2O4S2/c23-20(26-14-19-21-16-10-4-5-12-18(16)27-19)17-11-6-7-13-22(17)28(24,25)15-8-2-1-3-9-15/h1-5,8-10,12,17H,6-7,11,13-14H2/t17-/m0/s1. The minimum absolute atomic E-state index is 0.0495. The Labute approximate surface area is 167 Å². The van der Waals surface area contributed by atoms with Crippen LogP contribution in [-0.4, -0.2) is 36.3 Å². The average molecular weight is 417 g/mol. The number of ether oxygens (including phenoxy) is 1. The third-order valence-electron chi connectivity index (χ3n) is 4.75. The van der Waals surface area contributed by atoms with Crippen molar-refractivity contribution in [1.29, 1.82) is 0 Å². The Kier molecular flexibility index (Phi) is 5.43. The SMILES string of the molecule is O=C(OCc1nc2ccccc2s1)[C@@H]1CCCCN1S(=O)(=O)c1ccccc1. The van der Waals surface area contributed by atoms with Crippen molar-refractivity contribution in [3.8, 4) is 0 Å². The second-order valence-electron chi connectivity index (χ2n) is 6.62. The molecule has 0 N–H and O–H groups in total. The zero-order valence-electron chi connectivity index (χ0n) is 15.2. The molecule has 0 saturated carbocycles. The Morgan fingerprint density at radius 1 is 1.11 bits per heavy atom. The number of piperidine rings is 1. The fourth-order valence-electron chi connectivity index (χ4n) is 3.37. The molecule has 2 aromatic carbocycles. The Bertz CT molecular complexity index is 1050. The van der Waals surface area contributed by atoms with Crippen LogP contribution in [0.2, 0.25) is 0 Å². The second kappa shape index (κ2) is 7.98. The van der Waals surface area contributed by atoms with Crippen LogP contribution in [0.4, 0.5) is 0 Å². The van der Waals surface area contributed by atoms with Crippen LogP contribution >= 0.6 is 11.3 Å². The number of esters is 1. The first-order valence-corrected chi connectivity index (χ1v) is 11.4. The van der Waals surface area contributed by atoms with Crippen molar-refractivity contribution in [1.82, 2.24) is 9.29 Å². The summed E-state index contributed by atoms with van der Waals surface area (Å²) in [5.74, 6) is -0.515. The van der Waals surface area contributed by atoms with Gasteiger partial charge in [-0.25, -0.2) is 13.4 Å². The second-order valence-corrected chi connectivity index (χ2v) is 9.63. The number of hydrogen-bond acceptors (Lipinski definition) is 6. The number of benzene rings is 2. The molecule has 1 saturated heterocycles. The van der Waals surface area contributed by atoms with Gasteiger partial charge in [0.05, 0.1) is 15.1 Å². The third-order valence-corrected chi connectivity index (χ3v) is 7.68. The Balaban J connectivity index is 1.50. The fourth-order valence-corrected chi connectivity index (χ4v) is 5.92. The molecule has 1 atom stereocenters. The lowest BCUT2D eigenvalue weighted by molar-refractivity contribution is -0.150. The van der Waals surface area contributed by atoms with Gasteiger partial charge >= 0.3 is 5.97 Å². The number of sulfonamides is 1. The maximum absolute atomic E-state index is 13.0. The molecule has 1 fully saturated rings. The monoisotopic (exact) mass is 416 g/mol. The Hall–Kier alpha value is -2.29. The molecule has 0 unspecified atom stereocenters. The summed E-state index contributed by atoms with van der Waals surface area (Å²) >= 11 is 1.47. The summed E-state index contributed by atoms with van der Waals surface area (Å²) in [5, 5.41) is 0.697. The van der Waals surface area contributed by atoms with Crippen LogP contribution in [0.1, 0.15) is 24.3 Å². The molecule has 0 aliphatic carbocycles. The largest absolute Gasteiger partial charge is 0.457 e. The predicted octanol–water partition coefficient (Wildman–Crippen LogP) is 3.58. The average Bonchev–Trinajstić information content (AvgIpc) is 3.15. The van der Waals surface area contributed by atoms with Gasteiger partial charge in [0.15, 0.2) is 0 Å². The lowest BCUT2D eigenvalue weighted by Crippen LogP contribution is -2.48. The molecule has 3 aromatic rings. The summed E-state index contributed by atoms with van der Waals surface area (Å²) in [4.78, 5) is 17.4. The van der Waals surface area contributed by atoms with Crippen LogP contribution in [0.15, 0.2) is 59.5 Å². The molecule has 0 radical (unpaired) electrons. The molecule has 0 amide bonds. The lowest BCUT2D eigenvalue weighted by atomic mass is 10.1. The van der Waals surface area contributed by atoms with Gasteiger partial charge < -0.3 is 4.74 Å². The van der Waals surface area contributed by atoms with E-state index in [0.29, 0.717) is 18.0 Å². The van der Waals surface area contributed by atoms with Gasteiger partial charge in [-0.1, -0.05) is 30.3 Å². The third kappa shape index (κ3) is 3.80. The van der Waals surface area contributed by atoms with Crippen LogP contribution < -0.4 is 0 Å². The van der Waals surface area contributed by atoms with Crippen molar-refractivity contribution in [3.05, 3.63) is 59.6 Å². The van der Waals surface area contributed by atoms with Crippen molar-refractivity contribution in [3.63, 3.8) is 0 Å². The molecular weight excluding hydrogens is 396 g/mol.